The number of likely N-dealkylation sites (tertiary alicyclic amines) is 1. The van der Waals surface area contributed by atoms with Crippen LogP contribution < -0.4 is 5.32 Å². The van der Waals surface area contributed by atoms with Crippen LogP contribution in [-0.2, 0) is 6.54 Å². The van der Waals surface area contributed by atoms with E-state index in [1.807, 2.05) is 13.0 Å². The standard InChI is InChI=1S/C16H24N4O2/c1-13-14(3-2-4-16(13)20(21)22)11-18-8-5-15(12-18)19-9-6-17-7-10-19/h2-4,15,17H,5-12H2,1H3. The lowest BCUT2D eigenvalue weighted by atomic mass is 10.1. The Kier molecular flexibility index (Phi) is 4.71. The minimum absolute atomic E-state index is 0.232. The summed E-state index contributed by atoms with van der Waals surface area (Å²) in [4.78, 5) is 15.8. The third-order valence-electron chi connectivity index (χ3n) is 4.92. The number of hydrogen-bond donors (Lipinski definition) is 1. The molecule has 6 nitrogen and oxygen atoms in total. The number of hydrogen-bond acceptors (Lipinski definition) is 5. The Bertz CT molecular complexity index is 543. The zero-order chi connectivity index (χ0) is 15.5. The topological polar surface area (TPSA) is 61.6 Å². The van der Waals surface area contributed by atoms with Crippen molar-refractivity contribution >= 4 is 5.69 Å². The Morgan fingerprint density at radius 1 is 1.32 bits per heavy atom. The molecular formula is C16H24N4O2. The van der Waals surface area contributed by atoms with Crippen molar-refractivity contribution in [2.75, 3.05) is 39.3 Å². The fourth-order valence-corrected chi connectivity index (χ4v) is 3.58. The van der Waals surface area contributed by atoms with Crippen molar-refractivity contribution in [2.45, 2.75) is 25.9 Å². The predicted octanol–water partition coefficient (Wildman–Crippen LogP) is 1.38. The summed E-state index contributed by atoms with van der Waals surface area (Å²) >= 11 is 0. The Balaban J connectivity index is 1.62. The first-order valence-electron chi connectivity index (χ1n) is 8.05. The largest absolute Gasteiger partial charge is 0.314 e. The molecular weight excluding hydrogens is 280 g/mol. The third kappa shape index (κ3) is 3.29. The van der Waals surface area contributed by atoms with Crippen molar-refractivity contribution in [3.8, 4) is 0 Å². The van der Waals surface area contributed by atoms with Crippen LogP contribution in [0.25, 0.3) is 0 Å². The molecule has 1 aromatic carbocycles. The average Bonchev–Trinajstić information content (AvgIpc) is 2.98. The van der Waals surface area contributed by atoms with Crippen molar-refractivity contribution in [1.82, 2.24) is 15.1 Å². The van der Waals surface area contributed by atoms with Gasteiger partial charge >= 0.3 is 0 Å². The second kappa shape index (κ2) is 6.73. The highest BCUT2D eigenvalue weighted by molar-refractivity contribution is 5.44. The molecule has 1 aromatic rings. The van der Waals surface area contributed by atoms with Crippen molar-refractivity contribution in [2.24, 2.45) is 0 Å². The van der Waals surface area contributed by atoms with E-state index < -0.39 is 0 Å². The molecule has 120 valence electrons. The van der Waals surface area contributed by atoms with Gasteiger partial charge in [-0.3, -0.25) is 19.9 Å². The first kappa shape index (κ1) is 15.4. The molecule has 22 heavy (non-hydrogen) atoms. The molecule has 3 rings (SSSR count). The van der Waals surface area contributed by atoms with Crippen LogP contribution in [0.1, 0.15) is 17.5 Å². The van der Waals surface area contributed by atoms with E-state index in [9.17, 15) is 10.1 Å². The maximum absolute atomic E-state index is 11.0. The van der Waals surface area contributed by atoms with E-state index in [-0.39, 0.29) is 10.6 Å². The molecule has 0 spiro atoms. The summed E-state index contributed by atoms with van der Waals surface area (Å²) < 4.78 is 0. The molecule has 0 aliphatic carbocycles. The van der Waals surface area contributed by atoms with Crippen LogP contribution in [0.3, 0.4) is 0 Å². The molecule has 0 aromatic heterocycles. The number of nitrogens with one attached hydrogen (secondary N) is 1. The van der Waals surface area contributed by atoms with Gasteiger partial charge in [0.25, 0.3) is 5.69 Å². The van der Waals surface area contributed by atoms with Crippen LogP contribution in [0.4, 0.5) is 5.69 Å². The van der Waals surface area contributed by atoms with Gasteiger partial charge in [-0.05, 0) is 18.9 Å². The van der Waals surface area contributed by atoms with Gasteiger partial charge in [-0.25, -0.2) is 0 Å². The summed E-state index contributed by atoms with van der Waals surface area (Å²) in [6, 6.07) is 6.04. The molecule has 2 saturated heterocycles. The molecule has 1 atom stereocenters. The number of benzene rings is 1. The molecule has 0 bridgehead atoms. The van der Waals surface area contributed by atoms with Gasteiger partial charge in [-0.15, -0.1) is 0 Å². The summed E-state index contributed by atoms with van der Waals surface area (Å²) in [5, 5.41) is 14.4. The third-order valence-corrected chi connectivity index (χ3v) is 4.92. The number of piperazine rings is 1. The number of nitrogens with zero attached hydrogens (tertiary/aromatic N) is 3. The van der Waals surface area contributed by atoms with Crippen molar-refractivity contribution in [3.05, 3.63) is 39.4 Å². The summed E-state index contributed by atoms with van der Waals surface area (Å²) in [5.74, 6) is 0. The van der Waals surface area contributed by atoms with Gasteiger partial charge in [0.05, 0.1) is 4.92 Å². The molecule has 2 aliphatic rings. The minimum Gasteiger partial charge on any atom is -0.314 e. The van der Waals surface area contributed by atoms with E-state index in [1.165, 1.54) is 6.42 Å². The van der Waals surface area contributed by atoms with E-state index in [2.05, 4.69) is 15.1 Å². The number of nitro benzene ring substituents is 1. The maximum Gasteiger partial charge on any atom is 0.272 e. The lowest BCUT2D eigenvalue weighted by molar-refractivity contribution is -0.385. The van der Waals surface area contributed by atoms with E-state index in [0.29, 0.717) is 6.04 Å². The second-order valence-corrected chi connectivity index (χ2v) is 6.28. The Morgan fingerprint density at radius 3 is 2.82 bits per heavy atom. The van der Waals surface area contributed by atoms with E-state index in [1.54, 1.807) is 12.1 Å². The molecule has 1 N–H and O–H groups in total. The maximum atomic E-state index is 11.0. The monoisotopic (exact) mass is 304 g/mol. The molecule has 0 saturated carbocycles. The van der Waals surface area contributed by atoms with E-state index in [0.717, 1.165) is 56.9 Å². The highest BCUT2D eigenvalue weighted by Crippen LogP contribution is 2.24. The van der Waals surface area contributed by atoms with Gasteiger partial charge in [0.2, 0.25) is 0 Å². The van der Waals surface area contributed by atoms with E-state index >= 15 is 0 Å². The van der Waals surface area contributed by atoms with Crippen LogP contribution in [0.5, 0.6) is 0 Å². The van der Waals surface area contributed by atoms with Crippen LogP contribution >= 0.6 is 0 Å². The molecule has 2 heterocycles. The molecule has 1 unspecified atom stereocenters. The first-order valence-corrected chi connectivity index (χ1v) is 8.05. The average molecular weight is 304 g/mol. The highest BCUT2D eigenvalue weighted by atomic mass is 16.6. The lowest BCUT2D eigenvalue weighted by Crippen LogP contribution is -2.49. The van der Waals surface area contributed by atoms with Crippen molar-refractivity contribution < 1.29 is 4.92 Å². The van der Waals surface area contributed by atoms with Crippen LogP contribution in [-0.4, -0.2) is 60.0 Å². The van der Waals surface area contributed by atoms with Gasteiger partial charge in [0.1, 0.15) is 0 Å². The smallest absolute Gasteiger partial charge is 0.272 e. The number of nitro groups is 1. The quantitative estimate of drug-likeness (QED) is 0.673. The molecule has 0 radical (unpaired) electrons. The summed E-state index contributed by atoms with van der Waals surface area (Å²) in [6.45, 7) is 9.26. The van der Waals surface area contributed by atoms with Crippen LogP contribution in [0.2, 0.25) is 0 Å². The molecule has 2 fully saturated rings. The second-order valence-electron chi connectivity index (χ2n) is 6.28. The van der Waals surface area contributed by atoms with Crippen LogP contribution in [0.15, 0.2) is 18.2 Å². The first-order chi connectivity index (χ1) is 10.6. The SMILES string of the molecule is Cc1c(CN2CCC(N3CCNCC3)C2)cccc1[N+](=O)[O-]. The summed E-state index contributed by atoms with van der Waals surface area (Å²) in [6.07, 6.45) is 1.20. The Morgan fingerprint density at radius 2 is 2.09 bits per heavy atom. The fraction of sp³-hybridized carbons (Fsp3) is 0.625. The molecule has 6 heteroatoms. The van der Waals surface area contributed by atoms with Gasteiger partial charge in [-0.1, -0.05) is 12.1 Å². The van der Waals surface area contributed by atoms with Crippen molar-refractivity contribution in [1.29, 1.82) is 0 Å². The van der Waals surface area contributed by atoms with Gasteiger partial charge in [0.15, 0.2) is 0 Å². The zero-order valence-corrected chi connectivity index (χ0v) is 13.1. The predicted molar refractivity (Wildman–Crippen MR) is 86.0 cm³/mol. The van der Waals surface area contributed by atoms with Crippen molar-refractivity contribution in [3.63, 3.8) is 0 Å². The number of rotatable bonds is 4. The molecule has 2 aliphatic heterocycles. The highest BCUT2D eigenvalue weighted by Gasteiger charge is 2.28. The van der Waals surface area contributed by atoms with Gasteiger partial charge in [0, 0.05) is 63.5 Å². The van der Waals surface area contributed by atoms with Gasteiger partial charge in [-0.2, -0.15) is 0 Å². The summed E-state index contributed by atoms with van der Waals surface area (Å²) in [5.41, 5.74) is 2.11. The molecule has 0 amide bonds. The zero-order valence-electron chi connectivity index (χ0n) is 13.1. The fourth-order valence-electron chi connectivity index (χ4n) is 3.58. The Hall–Kier alpha value is -1.50. The van der Waals surface area contributed by atoms with Crippen LogP contribution in [0, 0.1) is 17.0 Å². The lowest BCUT2D eigenvalue weighted by Gasteiger charge is -2.32. The normalized spacial score (nSPS) is 23.8. The Labute approximate surface area is 131 Å². The minimum atomic E-state index is -0.285. The summed E-state index contributed by atoms with van der Waals surface area (Å²) in [7, 11) is 0. The van der Waals surface area contributed by atoms with Gasteiger partial charge < -0.3 is 5.32 Å². The van der Waals surface area contributed by atoms with E-state index in [4.69, 9.17) is 0 Å².